The van der Waals surface area contributed by atoms with Crippen LogP contribution in [0.2, 0.25) is 5.02 Å². The molecule has 0 radical (unpaired) electrons. The molecule has 1 aromatic rings. The monoisotopic (exact) mass is 267 g/mol. The first kappa shape index (κ1) is 13.0. The molecule has 18 heavy (non-hydrogen) atoms. The van der Waals surface area contributed by atoms with Crippen LogP contribution in [0.15, 0.2) is 23.4 Å². The molecule has 1 fully saturated rings. The highest BCUT2D eigenvalue weighted by atomic mass is 35.5. The smallest absolute Gasteiger partial charge is 0.171 e. The number of anilines is 1. The van der Waals surface area contributed by atoms with Gasteiger partial charge in [0, 0.05) is 23.8 Å². The Hall–Kier alpha value is -1.42. The van der Waals surface area contributed by atoms with E-state index in [2.05, 4.69) is 17.0 Å². The molecule has 0 saturated heterocycles. The zero-order valence-electron chi connectivity index (χ0n) is 10.4. The highest BCUT2D eigenvalue weighted by Gasteiger charge is 2.28. The van der Waals surface area contributed by atoms with Crippen LogP contribution in [0.5, 0.6) is 0 Å². The topological polar surface area (TPSA) is 61.8 Å². The Morgan fingerprint density at radius 3 is 2.78 bits per heavy atom. The minimum Gasteiger partial charge on any atom is -0.409 e. The number of benzene rings is 1. The number of oxime groups is 1. The average Bonchev–Trinajstić information content (AvgIpc) is 3.19. The summed E-state index contributed by atoms with van der Waals surface area (Å²) in [6, 6.07) is 6.32. The van der Waals surface area contributed by atoms with Gasteiger partial charge in [0.2, 0.25) is 0 Å². The molecule has 1 aliphatic rings. The van der Waals surface area contributed by atoms with Crippen molar-refractivity contribution in [2.75, 3.05) is 11.4 Å². The Labute approximate surface area is 112 Å². The summed E-state index contributed by atoms with van der Waals surface area (Å²) in [7, 11) is 0. The molecular formula is C13H18ClN3O. The lowest BCUT2D eigenvalue weighted by molar-refractivity contribution is 0.318. The molecule has 0 aliphatic heterocycles. The Morgan fingerprint density at radius 1 is 1.56 bits per heavy atom. The number of hydrogen-bond donors (Lipinski definition) is 2. The van der Waals surface area contributed by atoms with Crippen LogP contribution < -0.4 is 10.6 Å². The number of nitrogens with two attached hydrogens (primary N) is 1. The normalized spacial score (nSPS) is 15.8. The fraction of sp³-hybridized carbons (Fsp3) is 0.462. The summed E-state index contributed by atoms with van der Waals surface area (Å²) in [5.74, 6) is 0.0417. The minimum atomic E-state index is 0.0417. The quantitative estimate of drug-likeness (QED) is 0.373. The van der Waals surface area contributed by atoms with Crippen molar-refractivity contribution in [1.29, 1.82) is 0 Å². The Morgan fingerprint density at radius 2 is 2.28 bits per heavy atom. The maximum absolute atomic E-state index is 8.67. The first-order valence-electron chi connectivity index (χ1n) is 6.21. The molecule has 0 amide bonds. The van der Waals surface area contributed by atoms with E-state index in [1.54, 1.807) is 6.07 Å². The van der Waals surface area contributed by atoms with Crippen LogP contribution in [0.3, 0.4) is 0 Å². The molecule has 1 aromatic carbocycles. The molecule has 2 rings (SSSR count). The average molecular weight is 268 g/mol. The van der Waals surface area contributed by atoms with E-state index in [9.17, 15) is 0 Å². The highest BCUT2D eigenvalue weighted by Crippen LogP contribution is 2.33. The van der Waals surface area contributed by atoms with Gasteiger partial charge in [-0.15, -0.1) is 0 Å². The first-order chi connectivity index (χ1) is 8.67. The second-order valence-electron chi connectivity index (χ2n) is 4.57. The van der Waals surface area contributed by atoms with Gasteiger partial charge in [0.25, 0.3) is 0 Å². The second-order valence-corrected chi connectivity index (χ2v) is 4.98. The van der Waals surface area contributed by atoms with Gasteiger partial charge in [-0.2, -0.15) is 0 Å². The molecule has 3 N–H and O–H groups in total. The van der Waals surface area contributed by atoms with Gasteiger partial charge >= 0.3 is 0 Å². The molecule has 0 aromatic heterocycles. The predicted octanol–water partition coefficient (Wildman–Crippen LogP) is 2.81. The molecule has 0 bridgehead atoms. The number of halogens is 1. The summed E-state index contributed by atoms with van der Waals surface area (Å²) in [6.07, 6.45) is 3.61. The molecule has 1 aliphatic carbocycles. The molecular weight excluding hydrogens is 250 g/mol. The van der Waals surface area contributed by atoms with Crippen LogP contribution in [0.25, 0.3) is 0 Å². The van der Waals surface area contributed by atoms with Gasteiger partial charge in [-0.3, -0.25) is 0 Å². The van der Waals surface area contributed by atoms with Gasteiger partial charge in [-0.1, -0.05) is 23.7 Å². The summed E-state index contributed by atoms with van der Waals surface area (Å²) in [5, 5.41) is 12.2. The van der Waals surface area contributed by atoms with Gasteiger partial charge in [0.05, 0.1) is 5.02 Å². The third kappa shape index (κ3) is 2.70. The van der Waals surface area contributed by atoms with Crippen molar-refractivity contribution in [1.82, 2.24) is 0 Å². The van der Waals surface area contributed by atoms with E-state index in [-0.39, 0.29) is 5.84 Å². The summed E-state index contributed by atoms with van der Waals surface area (Å²) < 4.78 is 0. The third-order valence-electron chi connectivity index (χ3n) is 3.12. The van der Waals surface area contributed by atoms with Crippen LogP contribution in [0, 0.1) is 0 Å². The molecule has 0 heterocycles. The van der Waals surface area contributed by atoms with Crippen molar-refractivity contribution in [3.05, 3.63) is 28.8 Å². The number of rotatable bonds is 5. The van der Waals surface area contributed by atoms with Crippen LogP contribution in [0.1, 0.15) is 31.7 Å². The Bertz CT molecular complexity index is 458. The van der Waals surface area contributed by atoms with E-state index in [1.807, 2.05) is 12.1 Å². The Kier molecular flexibility index (Phi) is 3.97. The fourth-order valence-corrected chi connectivity index (χ4v) is 2.37. The molecule has 0 unspecified atom stereocenters. The number of hydrogen-bond acceptors (Lipinski definition) is 3. The first-order valence-corrected chi connectivity index (χ1v) is 6.59. The van der Waals surface area contributed by atoms with E-state index in [0.29, 0.717) is 16.6 Å². The van der Waals surface area contributed by atoms with Crippen LogP contribution in [0.4, 0.5) is 5.69 Å². The van der Waals surface area contributed by atoms with Crippen molar-refractivity contribution < 1.29 is 5.21 Å². The van der Waals surface area contributed by atoms with Crippen molar-refractivity contribution in [3.8, 4) is 0 Å². The van der Waals surface area contributed by atoms with E-state index in [0.717, 1.165) is 18.7 Å². The van der Waals surface area contributed by atoms with Crippen LogP contribution in [-0.2, 0) is 0 Å². The van der Waals surface area contributed by atoms with Crippen molar-refractivity contribution in [2.45, 2.75) is 32.2 Å². The maximum Gasteiger partial charge on any atom is 0.171 e. The molecule has 0 spiro atoms. The van der Waals surface area contributed by atoms with Gasteiger partial charge in [-0.05, 0) is 37.5 Å². The van der Waals surface area contributed by atoms with Crippen LogP contribution >= 0.6 is 11.6 Å². The van der Waals surface area contributed by atoms with Gasteiger partial charge < -0.3 is 15.8 Å². The zero-order chi connectivity index (χ0) is 13.1. The van der Waals surface area contributed by atoms with E-state index in [1.165, 1.54) is 12.8 Å². The van der Waals surface area contributed by atoms with Gasteiger partial charge in [0.15, 0.2) is 5.84 Å². The lowest BCUT2D eigenvalue weighted by atomic mass is 10.1. The Balaban J connectivity index is 2.26. The van der Waals surface area contributed by atoms with Gasteiger partial charge in [-0.25, -0.2) is 0 Å². The second kappa shape index (κ2) is 5.48. The van der Waals surface area contributed by atoms with Crippen LogP contribution in [-0.4, -0.2) is 23.6 Å². The third-order valence-corrected chi connectivity index (χ3v) is 3.43. The van der Waals surface area contributed by atoms with E-state index < -0.39 is 0 Å². The minimum absolute atomic E-state index is 0.0417. The van der Waals surface area contributed by atoms with Crippen molar-refractivity contribution in [3.63, 3.8) is 0 Å². The fourth-order valence-electron chi connectivity index (χ4n) is 2.09. The molecule has 98 valence electrons. The molecule has 1 saturated carbocycles. The highest BCUT2D eigenvalue weighted by molar-refractivity contribution is 6.34. The predicted molar refractivity (Wildman–Crippen MR) is 74.6 cm³/mol. The number of amidine groups is 1. The summed E-state index contributed by atoms with van der Waals surface area (Å²) in [4.78, 5) is 2.38. The lowest BCUT2D eigenvalue weighted by Crippen LogP contribution is -2.26. The van der Waals surface area contributed by atoms with E-state index >= 15 is 0 Å². The molecule has 0 atom stereocenters. The molecule has 4 nitrogen and oxygen atoms in total. The standard InChI is InChI=1S/C13H18ClN3O/c1-2-7-17(9-3-4-9)10-5-6-11(12(14)8-10)13(15)16-18/h5-6,8-9,18H,2-4,7H2,1H3,(H2,15,16). The van der Waals surface area contributed by atoms with Crippen molar-refractivity contribution in [2.24, 2.45) is 10.9 Å². The number of nitrogens with zero attached hydrogens (tertiary/aromatic N) is 2. The molecule has 5 heteroatoms. The SMILES string of the molecule is CCCN(c1ccc(C(N)=NO)c(Cl)c1)C1CC1. The van der Waals surface area contributed by atoms with Crippen molar-refractivity contribution >= 4 is 23.1 Å². The zero-order valence-corrected chi connectivity index (χ0v) is 11.2. The lowest BCUT2D eigenvalue weighted by Gasteiger charge is -2.24. The maximum atomic E-state index is 8.67. The summed E-state index contributed by atoms with van der Waals surface area (Å²) in [5.41, 5.74) is 7.23. The van der Waals surface area contributed by atoms with Gasteiger partial charge in [0.1, 0.15) is 0 Å². The summed E-state index contributed by atoms with van der Waals surface area (Å²) in [6.45, 7) is 3.20. The summed E-state index contributed by atoms with van der Waals surface area (Å²) >= 11 is 6.17. The largest absolute Gasteiger partial charge is 0.409 e. The van der Waals surface area contributed by atoms with E-state index in [4.69, 9.17) is 22.5 Å².